The lowest BCUT2D eigenvalue weighted by Gasteiger charge is -2.16. The number of hydrogen-bond acceptors (Lipinski definition) is 2. The Balaban J connectivity index is 0.00000128. The van der Waals surface area contributed by atoms with Gasteiger partial charge in [0.15, 0.2) is 0 Å². The Hall–Kier alpha value is -1.13. The lowest BCUT2D eigenvalue weighted by Crippen LogP contribution is -2.28. The van der Waals surface area contributed by atoms with Crippen LogP contribution in [0.1, 0.15) is 12.0 Å². The van der Waals surface area contributed by atoms with Crippen molar-refractivity contribution >= 4 is 24.0 Å². The van der Waals surface area contributed by atoms with Crippen molar-refractivity contribution in [1.29, 1.82) is 0 Å². The van der Waals surface area contributed by atoms with Crippen molar-refractivity contribution in [3.63, 3.8) is 0 Å². The number of rotatable bonds is 1. The Labute approximate surface area is 99.8 Å². The first-order valence-electron chi connectivity index (χ1n) is 4.90. The average Bonchev–Trinajstić information content (AvgIpc) is 2.50. The van der Waals surface area contributed by atoms with Crippen molar-refractivity contribution in [3.05, 3.63) is 29.6 Å². The molecule has 1 aromatic carbocycles. The molecule has 16 heavy (non-hydrogen) atoms. The second-order valence-electron chi connectivity index (χ2n) is 3.90. The van der Waals surface area contributed by atoms with Gasteiger partial charge < -0.3 is 10.6 Å². The highest BCUT2D eigenvalue weighted by atomic mass is 35.5. The quantitative estimate of drug-likeness (QED) is 0.816. The summed E-state index contributed by atoms with van der Waals surface area (Å²) in [5, 5.41) is 0. The van der Waals surface area contributed by atoms with Gasteiger partial charge in [-0.2, -0.15) is 0 Å². The van der Waals surface area contributed by atoms with Crippen LogP contribution in [0.25, 0.3) is 0 Å². The average molecular weight is 245 g/mol. The van der Waals surface area contributed by atoms with Crippen molar-refractivity contribution in [1.82, 2.24) is 0 Å². The van der Waals surface area contributed by atoms with Gasteiger partial charge in [-0.15, -0.1) is 12.4 Å². The maximum absolute atomic E-state index is 13.0. The van der Waals surface area contributed by atoms with E-state index in [-0.39, 0.29) is 30.2 Å². The normalized spacial score (nSPS) is 19.8. The van der Waals surface area contributed by atoms with Crippen molar-refractivity contribution < 1.29 is 9.18 Å². The molecular weight excluding hydrogens is 231 g/mol. The number of hydrogen-bond donors (Lipinski definition) is 1. The Morgan fingerprint density at radius 3 is 2.69 bits per heavy atom. The van der Waals surface area contributed by atoms with Crippen LogP contribution in [-0.2, 0) is 4.79 Å². The topological polar surface area (TPSA) is 46.3 Å². The third-order valence-electron chi connectivity index (χ3n) is 2.61. The molecule has 2 N–H and O–H groups in total. The summed E-state index contributed by atoms with van der Waals surface area (Å²) in [6, 6.07) is 4.55. The first kappa shape index (κ1) is 12.9. The molecule has 0 aliphatic carbocycles. The highest BCUT2D eigenvalue weighted by Gasteiger charge is 2.28. The summed E-state index contributed by atoms with van der Waals surface area (Å²) in [5.41, 5.74) is 6.96. The van der Waals surface area contributed by atoms with Crippen molar-refractivity contribution in [2.45, 2.75) is 19.4 Å². The van der Waals surface area contributed by atoms with E-state index in [1.807, 2.05) is 0 Å². The zero-order valence-corrected chi connectivity index (χ0v) is 9.76. The molecule has 0 radical (unpaired) electrons. The minimum absolute atomic E-state index is 0. The second-order valence-corrected chi connectivity index (χ2v) is 3.90. The van der Waals surface area contributed by atoms with Gasteiger partial charge in [-0.3, -0.25) is 4.79 Å². The Kier molecular flexibility index (Phi) is 3.88. The molecule has 1 aliphatic rings. The van der Waals surface area contributed by atoms with Gasteiger partial charge in [0.2, 0.25) is 5.91 Å². The predicted molar refractivity (Wildman–Crippen MR) is 63.3 cm³/mol. The van der Waals surface area contributed by atoms with E-state index >= 15 is 0 Å². The molecule has 0 aromatic heterocycles. The molecule has 3 nitrogen and oxygen atoms in total. The van der Waals surface area contributed by atoms with Crippen LogP contribution in [-0.4, -0.2) is 18.5 Å². The standard InChI is InChI=1S/C11H13FN2O.ClH/c1-7-4-9(2-3-10(7)12)14-6-8(13)5-11(14)15;/h2-4,8H,5-6,13H2,1H3;1H. The molecule has 2 rings (SSSR count). The first-order valence-corrected chi connectivity index (χ1v) is 4.90. The SMILES string of the molecule is Cc1cc(N2CC(N)CC2=O)ccc1F.Cl. The van der Waals surface area contributed by atoms with Crippen LogP contribution in [0.5, 0.6) is 0 Å². The lowest BCUT2D eigenvalue weighted by atomic mass is 10.2. The summed E-state index contributed by atoms with van der Waals surface area (Å²) in [6.45, 7) is 2.20. The molecule has 1 fully saturated rings. The molecule has 1 aliphatic heterocycles. The summed E-state index contributed by atoms with van der Waals surface area (Å²) >= 11 is 0. The number of benzene rings is 1. The minimum Gasteiger partial charge on any atom is -0.326 e. The van der Waals surface area contributed by atoms with Crippen LogP contribution in [0, 0.1) is 12.7 Å². The van der Waals surface area contributed by atoms with Crippen LogP contribution in [0.2, 0.25) is 0 Å². The number of nitrogens with zero attached hydrogens (tertiary/aromatic N) is 1. The van der Waals surface area contributed by atoms with E-state index in [0.717, 1.165) is 5.69 Å². The zero-order chi connectivity index (χ0) is 11.0. The molecule has 88 valence electrons. The van der Waals surface area contributed by atoms with E-state index in [9.17, 15) is 9.18 Å². The van der Waals surface area contributed by atoms with Crippen LogP contribution < -0.4 is 10.6 Å². The number of halogens is 2. The van der Waals surface area contributed by atoms with Gasteiger partial charge in [-0.1, -0.05) is 0 Å². The van der Waals surface area contributed by atoms with Crippen LogP contribution in [0.15, 0.2) is 18.2 Å². The molecule has 1 aromatic rings. The number of nitrogens with two attached hydrogens (primary N) is 1. The van der Waals surface area contributed by atoms with Crippen molar-refractivity contribution in [3.8, 4) is 0 Å². The number of anilines is 1. The fourth-order valence-electron chi connectivity index (χ4n) is 1.78. The Morgan fingerprint density at radius 2 is 2.19 bits per heavy atom. The first-order chi connectivity index (χ1) is 7.08. The van der Waals surface area contributed by atoms with Gasteiger partial charge in [-0.05, 0) is 30.7 Å². The minimum atomic E-state index is -0.255. The monoisotopic (exact) mass is 244 g/mol. The van der Waals surface area contributed by atoms with Gasteiger partial charge in [0, 0.05) is 24.7 Å². The van der Waals surface area contributed by atoms with E-state index in [2.05, 4.69) is 0 Å². The van der Waals surface area contributed by atoms with Crippen LogP contribution in [0.3, 0.4) is 0 Å². The van der Waals surface area contributed by atoms with E-state index in [0.29, 0.717) is 18.5 Å². The van der Waals surface area contributed by atoms with Crippen LogP contribution in [0.4, 0.5) is 10.1 Å². The fraction of sp³-hybridized carbons (Fsp3) is 0.364. The molecular formula is C11H14ClFN2O. The maximum Gasteiger partial charge on any atom is 0.228 e. The summed E-state index contributed by atoms with van der Waals surface area (Å²) in [5.74, 6) is -0.247. The molecule has 0 saturated carbocycles. The molecule has 1 atom stereocenters. The number of carbonyl (C=O) groups is 1. The van der Waals surface area contributed by atoms with E-state index in [4.69, 9.17) is 5.73 Å². The third-order valence-corrected chi connectivity index (χ3v) is 2.61. The highest BCUT2D eigenvalue weighted by Crippen LogP contribution is 2.22. The van der Waals surface area contributed by atoms with E-state index < -0.39 is 0 Å². The van der Waals surface area contributed by atoms with E-state index in [1.54, 1.807) is 24.0 Å². The molecule has 1 heterocycles. The number of carbonyl (C=O) groups excluding carboxylic acids is 1. The molecule has 0 bridgehead atoms. The number of aryl methyl sites for hydroxylation is 1. The van der Waals surface area contributed by atoms with Gasteiger partial charge in [0.1, 0.15) is 5.82 Å². The lowest BCUT2D eigenvalue weighted by molar-refractivity contribution is -0.117. The van der Waals surface area contributed by atoms with Gasteiger partial charge in [0.05, 0.1) is 0 Å². The second kappa shape index (κ2) is 4.80. The predicted octanol–water partition coefficient (Wildman–Crippen LogP) is 1.62. The Morgan fingerprint density at radius 1 is 1.50 bits per heavy atom. The molecule has 1 amide bonds. The van der Waals surface area contributed by atoms with Gasteiger partial charge in [-0.25, -0.2) is 4.39 Å². The zero-order valence-electron chi connectivity index (χ0n) is 8.94. The third kappa shape index (κ3) is 2.33. The van der Waals surface area contributed by atoms with Gasteiger partial charge >= 0.3 is 0 Å². The van der Waals surface area contributed by atoms with Crippen molar-refractivity contribution in [2.75, 3.05) is 11.4 Å². The summed E-state index contributed by atoms with van der Waals surface area (Å²) in [7, 11) is 0. The maximum atomic E-state index is 13.0. The fourth-order valence-corrected chi connectivity index (χ4v) is 1.78. The summed E-state index contributed by atoms with van der Waals surface area (Å²) in [6.07, 6.45) is 0.371. The summed E-state index contributed by atoms with van der Waals surface area (Å²) < 4.78 is 13.0. The molecule has 5 heteroatoms. The smallest absolute Gasteiger partial charge is 0.228 e. The number of amides is 1. The molecule has 1 unspecified atom stereocenters. The molecule has 1 saturated heterocycles. The molecule has 0 spiro atoms. The van der Waals surface area contributed by atoms with Gasteiger partial charge in [0.25, 0.3) is 0 Å². The van der Waals surface area contributed by atoms with Crippen molar-refractivity contribution in [2.24, 2.45) is 5.73 Å². The Bertz CT molecular complexity index is 411. The highest BCUT2D eigenvalue weighted by molar-refractivity contribution is 5.96. The van der Waals surface area contributed by atoms with Crippen LogP contribution >= 0.6 is 12.4 Å². The van der Waals surface area contributed by atoms with E-state index in [1.165, 1.54) is 6.07 Å². The largest absolute Gasteiger partial charge is 0.326 e. The summed E-state index contributed by atoms with van der Waals surface area (Å²) in [4.78, 5) is 13.1.